The Morgan fingerprint density at radius 1 is 0.958 bits per heavy atom. The molecule has 2 aromatic rings. The third kappa shape index (κ3) is 2.80. The molecule has 2 bridgehead atoms. The van der Waals surface area contributed by atoms with Crippen molar-refractivity contribution in [1.29, 1.82) is 0 Å². The highest BCUT2D eigenvalue weighted by Crippen LogP contribution is 2.56. The van der Waals surface area contributed by atoms with Crippen molar-refractivity contribution in [3.63, 3.8) is 0 Å². The van der Waals surface area contributed by atoms with E-state index in [0.717, 1.165) is 24.1 Å². The van der Waals surface area contributed by atoms with Crippen LogP contribution in [0.2, 0.25) is 0 Å². The number of halogens is 1. The van der Waals surface area contributed by atoms with E-state index in [-0.39, 0.29) is 29.6 Å². The van der Waals surface area contributed by atoms with Crippen LogP contribution in [0.15, 0.2) is 48.5 Å². The number of hydrogen-bond acceptors (Lipinski definition) is 1. The summed E-state index contributed by atoms with van der Waals surface area (Å²) in [5.41, 5.74) is 5.51. The number of benzene rings is 2. The van der Waals surface area contributed by atoms with Gasteiger partial charge < -0.3 is 33.2 Å². The molecule has 128 valence electrons. The molecule has 0 radical (unpaired) electrons. The van der Waals surface area contributed by atoms with Gasteiger partial charge in [-0.25, -0.2) is 0 Å². The fraction of sp³-hybridized carbons (Fsp3) is 0.429. The highest BCUT2D eigenvalue weighted by Gasteiger charge is 2.49. The molecule has 0 aliphatic heterocycles. The van der Waals surface area contributed by atoms with E-state index in [9.17, 15) is 0 Å². The summed E-state index contributed by atoms with van der Waals surface area (Å²) >= 11 is 0. The molecule has 0 spiro atoms. The average molecular weight is 435 g/mol. The Morgan fingerprint density at radius 3 is 2.04 bits per heavy atom. The minimum Gasteiger partial charge on any atom is -1.00 e. The SMILES string of the molecule is C[N+](C)(C)CCOC12CCC(c3ccccc31)c1ccccc12.[I-]. The standard InChI is InChI=1S/C21H26NO.HI/c1-22(2,3)14-15-23-21-13-12-16(17-8-4-6-10-19(17)21)18-9-5-7-11-20(18)21;/h4-11,16H,12-15H2,1-3H3;1H/q+1;/p-1. The zero-order chi connectivity index (χ0) is 16.1. The maximum atomic E-state index is 6.67. The molecule has 0 saturated heterocycles. The lowest BCUT2D eigenvalue weighted by Crippen LogP contribution is -3.00. The Hall–Kier alpha value is -0.910. The molecule has 3 aliphatic carbocycles. The minimum absolute atomic E-state index is 0. The highest BCUT2D eigenvalue weighted by molar-refractivity contribution is 5.57. The summed E-state index contributed by atoms with van der Waals surface area (Å²) in [6.07, 6.45) is 2.29. The van der Waals surface area contributed by atoms with Crippen LogP contribution < -0.4 is 24.0 Å². The van der Waals surface area contributed by atoms with Crippen molar-refractivity contribution in [3.8, 4) is 0 Å². The zero-order valence-electron chi connectivity index (χ0n) is 14.8. The second-order valence-corrected chi connectivity index (χ2v) is 7.96. The van der Waals surface area contributed by atoms with E-state index >= 15 is 0 Å². The maximum absolute atomic E-state index is 6.67. The number of likely N-dealkylation sites (N-methyl/N-ethyl adjacent to an activating group) is 1. The molecule has 2 nitrogen and oxygen atoms in total. The van der Waals surface area contributed by atoms with E-state index in [0.29, 0.717) is 5.92 Å². The molecule has 3 heteroatoms. The monoisotopic (exact) mass is 435 g/mol. The van der Waals surface area contributed by atoms with Gasteiger partial charge in [0.25, 0.3) is 0 Å². The Bertz CT molecular complexity index is 687. The first-order valence-electron chi connectivity index (χ1n) is 8.64. The van der Waals surface area contributed by atoms with Gasteiger partial charge in [-0.05, 0) is 35.1 Å². The van der Waals surface area contributed by atoms with E-state index < -0.39 is 0 Å². The van der Waals surface area contributed by atoms with Gasteiger partial charge in [0.1, 0.15) is 12.1 Å². The maximum Gasteiger partial charge on any atom is 0.119 e. The second kappa shape index (κ2) is 6.43. The van der Waals surface area contributed by atoms with Crippen molar-refractivity contribution in [2.45, 2.75) is 24.4 Å². The van der Waals surface area contributed by atoms with Crippen LogP contribution in [-0.4, -0.2) is 38.8 Å². The Labute approximate surface area is 162 Å². The topological polar surface area (TPSA) is 9.23 Å². The number of quaternary nitrogens is 1. The molecule has 0 N–H and O–H groups in total. The number of ether oxygens (including phenoxy) is 1. The van der Waals surface area contributed by atoms with Crippen molar-refractivity contribution in [3.05, 3.63) is 70.8 Å². The third-order valence-electron chi connectivity index (χ3n) is 5.44. The first kappa shape index (κ1) is 17.9. The van der Waals surface area contributed by atoms with Gasteiger partial charge in [-0.2, -0.15) is 0 Å². The molecular formula is C21H26INO. The normalized spacial score (nSPS) is 24.0. The molecule has 3 aliphatic rings. The summed E-state index contributed by atoms with van der Waals surface area (Å²) in [7, 11) is 6.67. The molecule has 0 heterocycles. The van der Waals surface area contributed by atoms with Gasteiger partial charge in [-0.3, -0.25) is 0 Å². The summed E-state index contributed by atoms with van der Waals surface area (Å²) in [6, 6.07) is 17.8. The predicted octanol–water partition coefficient (Wildman–Crippen LogP) is 0.896. The lowest BCUT2D eigenvalue weighted by molar-refractivity contribution is -0.871. The van der Waals surface area contributed by atoms with Crippen molar-refractivity contribution in [2.75, 3.05) is 34.3 Å². The van der Waals surface area contributed by atoms with Gasteiger partial charge >= 0.3 is 0 Å². The van der Waals surface area contributed by atoms with E-state index in [4.69, 9.17) is 4.74 Å². The molecule has 0 fully saturated rings. The second-order valence-electron chi connectivity index (χ2n) is 7.96. The Kier molecular flexibility index (Phi) is 4.80. The lowest BCUT2D eigenvalue weighted by Gasteiger charge is -2.49. The van der Waals surface area contributed by atoms with Crippen LogP contribution in [0.25, 0.3) is 0 Å². The van der Waals surface area contributed by atoms with Crippen LogP contribution in [0, 0.1) is 0 Å². The highest BCUT2D eigenvalue weighted by atomic mass is 127. The molecular weight excluding hydrogens is 409 g/mol. The van der Waals surface area contributed by atoms with Crippen LogP contribution in [0.5, 0.6) is 0 Å². The quantitative estimate of drug-likeness (QED) is 0.513. The average Bonchev–Trinajstić information content (AvgIpc) is 2.55. The zero-order valence-corrected chi connectivity index (χ0v) is 16.9. The molecule has 24 heavy (non-hydrogen) atoms. The smallest absolute Gasteiger partial charge is 0.119 e. The first-order valence-corrected chi connectivity index (χ1v) is 8.64. The molecule has 0 atom stereocenters. The molecule has 0 amide bonds. The fourth-order valence-corrected chi connectivity index (χ4v) is 4.30. The van der Waals surface area contributed by atoms with E-state index in [2.05, 4.69) is 69.7 Å². The van der Waals surface area contributed by atoms with Crippen LogP contribution in [0.3, 0.4) is 0 Å². The first-order chi connectivity index (χ1) is 11.0. The Morgan fingerprint density at radius 2 is 1.50 bits per heavy atom. The number of rotatable bonds is 4. The van der Waals surface area contributed by atoms with Gasteiger partial charge in [-0.15, -0.1) is 0 Å². The summed E-state index contributed by atoms with van der Waals surface area (Å²) < 4.78 is 7.60. The predicted molar refractivity (Wildman–Crippen MR) is 93.6 cm³/mol. The molecule has 5 rings (SSSR count). The Balaban J connectivity index is 0.00000169. The van der Waals surface area contributed by atoms with Crippen LogP contribution in [-0.2, 0) is 10.3 Å². The summed E-state index contributed by atoms with van der Waals surface area (Å²) in [5, 5.41) is 0. The lowest BCUT2D eigenvalue weighted by atomic mass is 9.61. The third-order valence-corrected chi connectivity index (χ3v) is 5.44. The molecule has 0 saturated carbocycles. The summed E-state index contributed by atoms with van der Waals surface area (Å²) in [4.78, 5) is 0. The van der Waals surface area contributed by atoms with Crippen molar-refractivity contribution in [2.24, 2.45) is 0 Å². The fourth-order valence-electron chi connectivity index (χ4n) is 4.30. The van der Waals surface area contributed by atoms with E-state index in [1.54, 1.807) is 0 Å². The van der Waals surface area contributed by atoms with Gasteiger partial charge in [-0.1, -0.05) is 48.5 Å². The minimum atomic E-state index is -0.239. The van der Waals surface area contributed by atoms with Gasteiger partial charge in [0.05, 0.1) is 27.7 Å². The summed E-state index contributed by atoms with van der Waals surface area (Å²) in [6.45, 7) is 1.81. The van der Waals surface area contributed by atoms with Gasteiger partial charge in [0, 0.05) is 5.92 Å². The molecule has 0 unspecified atom stereocenters. The number of fused-ring (bicyclic) bond motifs is 1. The number of hydrogen-bond donors (Lipinski definition) is 0. The van der Waals surface area contributed by atoms with Gasteiger partial charge in [0.2, 0.25) is 0 Å². The largest absolute Gasteiger partial charge is 1.00 e. The van der Waals surface area contributed by atoms with Crippen LogP contribution in [0.1, 0.15) is 41.0 Å². The molecule has 2 aromatic carbocycles. The molecule has 0 aromatic heterocycles. The van der Waals surface area contributed by atoms with Crippen LogP contribution >= 0.6 is 0 Å². The van der Waals surface area contributed by atoms with Gasteiger partial charge in [0.15, 0.2) is 0 Å². The van der Waals surface area contributed by atoms with Crippen molar-refractivity contribution in [1.82, 2.24) is 0 Å². The number of nitrogens with zero attached hydrogens (tertiary/aromatic N) is 1. The van der Waals surface area contributed by atoms with E-state index in [1.165, 1.54) is 28.7 Å². The van der Waals surface area contributed by atoms with Crippen molar-refractivity contribution < 1.29 is 33.2 Å². The summed E-state index contributed by atoms with van der Waals surface area (Å²) in [5.74, 6) is 0.547. The van der Waals surface area contributed by atoms with Crippen molar-refractivity contribution >= 4 is 0 Å². The van der Waals surface area contributed by atoms with Crippen LogP contribution in [0.4, 0.5) is 0 Å². The van der Waals surface area contributed by atoms with E-state index in [1.807, 2.05) is 0 Å².